The second-order valence-electron chi connectivity index (χ2n) is 7.06. The van der Waals surface area contributed by atoms with E-state index in [1.807, 2.05) is 0 Å². The van der Waals surface area contributed by atoms with Crippen molar-refractivity contribution >= 4 is 0 Å². The molecule has 2 aliphatic heterocycles. The minimum absolute atomic E-state index is 0.446. The fraction of sp³-hybridized carbons (Fsp3) is 1.00. The molecule has 2 aliphatic rings. The number of piperidine rings is 1. The van der Waals surface area contributed by atoms with Gasteiger partial charge in [-0.15, -0.1) is 0 Å². The molecule has 19 heavy (non-hydrogen) atoms. The lowest BCUT2D eigenvalue weighted by atomic mass is 9.78. The van der Waals surface area contributed by atoms with Gasteiger partial charge in [0.2, 0.25) is 0 Å². The van der Waals surface area contributed by atoms with Crippen LogP contribution in [-0.4, -0.2) is 61.7 Å². The van der Waals surface area contributed by atoms with E-state index in [9.17, 15) is 0 Å². The van der Waals surface area contributed by atoms with Gasteiger partial charge in [-0.3, -0.25) is 4.90 Å². The highest BCUT2D eigenvalue weighted by Gasteiger charge is 2.39. The van der Waals surface area contributed by atoms with E-state index in [4.69, 9.17) is 0 Å². The molecule has 2 heterocycles. The third kappa shape index (κ3) is 4.17. The zero-order valence-corrected chi connectivity index (χ0v) is 13.2. The normalized spacial score (nSPS) is 29.5. The zero-order valence-electron chi connectivity index (χ0n) is 13.2. The molecule has 1 atom stereocenters. The summed E-state index contributed by atoms with van der Waals surface area (Å²) in [7, 11) is 0. The highest BCUT2D eigenvalue weighted by atomic mass is 15.2. The van der Waals surface area contributed by atoms with E-state index in [-0.39, 0.29) is 0 Å². The largest absolute Gasteiger partial charge is 0.314 e. The van der Waals surface area contributed by atoms with Crippen molar-refractivity contribution < 1.29 is 0 Å². The Morgan fingerprint density at radius 2 is 1.84 bits per heavy atom. The quantitative estimate of drug-likeness (QED) is 0.770. The highest BCUT2D eigenvalue weighted by Crippen LogP contribution is 2.33. The van der Waals surface area contributed by atoms with E-state index in [1.165, 1.54) is 71.5 Å². The average molecular weight is 267 g/mol. The van der Waals surface area contributed by atoms with Crippen LogP contribution in [-0.2, 0) is 0 Å². The molecule has 0 amide bonds. The molecule has 0 aliphatic carbocycles. The number of nitrogens with one attached hydrogen (secondary N) is 1. The number of hydrogen-bond donors (Lipinski definition) is 1. The molecule has 0 aromatic heterocycles. The van der Waals surface area contributed by atoms with E-state index in [0.717, 1.165) is 6.04 Å². The van der Waals surface area contributed by atoms with Crippen molar-refractivity contribution in [3.05, 3.63) is 0 Å². The van der Waals surface area contributed by atoms with Crippen LogP contribution >= 0.6 is 0 Å². The molecule has 0 radical (unpaired) electrons. The minimum atomic E-state index is 0.446. The first-order chi connectivity index (χ1) is 9.13. The second-order valence-corrected chi connectivity index (χ2v) is 7.06. The van der Waals surface area contributed by atoms with Crippen molar-refractivity contribution in [1.82, 2.24) is 15.1 Å². The molecule has 3 nitrogen and oxygen atoms in total. The standard InChI is InChI=1S/C16H33N3/c1-4-5-6-10-18-11-7-15(16(2,3)14-18)19-12-8-17-9-13-19/h15,17H,4-14H2,1-3H3. The SMILES string of the molecule is CCCCCN1CCC(N2CCNCC2)C(C)(C)C1. The molecule has 0 saturated carbocycles. The number of rotatable bonds is 5. The molecule has 112 valence electrons. The monoisotopic (exact) mass is 267 g/mol. The fourth-order valence-electron chi connectivity index (χ4n) is 3.90. The van der Waals surface area contributed by atoms with Gasteiger partial charge in [-0.1, -0.05) is 33.6 Å². The van der Waals surface area contributed by atoms with Crippen LogP contribution in [0, 0.1) is 5.41 Å². The molecule has 0 bridgehead atoms. The van der Waals surface area contributed by atoms with Gasteiger partial charge in [0, 0.05) is 38.8 Å². The van der Waals surface area contributed by atoms with Crippen molar-refractivity contribution in [2.75, 3.05) is 45.8 Å². The molecule has 2 saturated heterocycles. The molecule has 1 N–H and O–H groups in total. The Labute approximate surface area is 119 Å². The summed E-state index contributed by atoms with van der Waals surface area (Å²) in [5.74, 6) is 0. The second kappa shape index (κ2) is 7.05. The minimum Gasteiger partial charge on any atom is -0.314 e. The van der Waals surface area contributed by atoms with E-state index in [1.54, 1.807) is 0 Å². The summed E-state index contributed by atoms with van der Waals surface area (Å²) in [4.78, 5) is 5.44. The topological polar surface area (TPSA) is 18.5 Å². The Morgan fingerprint density at radius 3 is 2.47 bits per heavy atom. The van der Waals surface area contributed by atoms with Crippen LogP contribution in [0.1, 0.15) is 46.5 Å². The number of piperazine rings is 1. The van der Waals surface area contributed by atoms with Crippen LogP contribution in [0.15, 0.2) is 0 Å². The summed E-state index contributed by atoms with van der Waals surface area (Å²) in [5.41, 5.74) is 0.446. The van der Waals surface area contributed by atoms with Crippen LogP contribution in [0.2, 0.25) is 0 Å². The first-order valence-corrected chi connectivity index (χ1v) is 8.30. The van der Waals surface area contributed by atoms with Gasteiger partial charge in [-0.2, -0.15) is 0 Å². The van der Waals surface area contributed by atoms with Crippen LogP contribution in [0.4, 0.5) is 0 Å². The van der Waals surface area contributed by atoms with Gasteiger partial charge in [0.05, 0.1) is 0 Å². The lowest BCUT2D eigenvalue weighted by Crippen LogP contribution is -2.59. The first kappa shape index (κ1) is 15.3. The summed E-state index contributed by atoms with van der Waals surface area (Å²) >= 11 is 0. The van der Waals surface area contributed by atoms with Crippen molar-refractivity contribution in [1.29, 1.82) is 0 Å². The van der Waals surface area contributed by atoms with Gasteiger partial charge < -0.3 is 10.2 Å². The molecular formula is C16H33N3. The third-order valence-electron chi connectivity index (χ3n) is 4.92. The van der Waals surface area contributed by atoms with Gasteiger partial charge in [0.1, 0.15) is 0 Å². The molecule has 3 heteroatoms. The van der Waals surface area contributed by atoms with Crippen LogP contribution in [0.5, 0.6) is 0 Å². The van der Waals surface area contributed by atoms with Gasteiger partial charge in [-0.25, -0.2) is 0 Å². The number of likely N-dealkylation sites (tertiary alicyclic amines) is 1. The predicted molar refractivity (Wildman–Crippen MR) is 82.6 cm³/mol. The highest BCUT2D eigenvalue weighted by molar-refractivity contribution is 4.94. The summed E-state index contributed by atoms with van der Waals surface area (Å²) in [6.07, 6.45) is 5.46. The first-order valence-electron chi connectivity index (χ1n) is 8.30. The smallest absolute Gasteiger partial charge is 0.0172 e. The Hall–Kier alpha value is -0.120. The van der Waals surface area contributed by atoms with Gasteiger partial charge >= 0.3 is 0 Å². The molecule has 0 aromatic rings. The summed E-state index contributed by atoms with van der Waals surface area (Å²) < 4.78 is 0. The van der Waals surface area contributed by atoms with E-state index >= 15 is 0 Å². The number of hydrogen-bond acceptors (Lipinski definition) is 3. The van der Waals surface area contributed by atoms with Crippen LogP contribution in [0.25, 0.3) is 0 Å². The van der Waals surface area contributed by atoms with Crippen molar-refractivity contribution in [2.45, 2.75) is 52.5 Å². The van der Waals surface area contributed by atoms with E-state index < -0.39 is 0 Å². The lowest BCUT2D eigenvalue weighted by Gasteiger charge is -2.50. The molecule has 1 unspecified atom stereocenters. The Kier molecular flexibility index (Phi) is 5.67. The number of nitrogens with zero attached hydrogens (tertiary/aromatic N) is 2. The van der Waals surface area contributed by atoms with E-state index in [2.05, 4.69) is 35.9 Å². The summed E-state index contributed by atoms with van der Waals surface area (Å²) in [6.45, 7) is 16.0. The van der Waals surface area contributed by atoms with Crippen LogP contribution in [0.3, 0.4) is 0 Å². The van der Waals surface area contributed by atoms with Gasteiger partial charge in [-0.05, 0) is 31.3 Å². The van der Waals surface area contributed by atoms with Gasteiger partial charge in [0.15, 0.2) is 0 Å². The van der Waals surface area contributed by atoms with Crippen molar-refractivity contribution in [3.8, 4) is 0 Å². The van der Waals surface area contributed by atoms with Crippen molar-refractivity contribution in [2.24, 2.45) is 5.41 Å². The maximum Gasteiger partial charge on any atom is 0.0172 e. The zero-order chi connectivity index (χ0) is 13.7. The Bertz CT molecular complexity index is 259. The maximum atomic E-state index is 3.47. The Balaban J connectivity index is 1.84. The summed E-state index contributed by atoms with van der Waals surface area (Å²) in [6, 6.07) is 0.789. The van der Waals surface area contributed by atoms with E-state index in [0.29, 0.717) is 5.41 Å². The number of unbranched alkanes of at least 4 members (excludes halogenated alkanes) is 2. The average Bonchev–Trinajstić information content (AvgIpc) is 2.39. The van der Waals surface area contributed by atoms with Crippen molar-refractivity contribution in [3.63, 3.8) is 0 Å². The fourth-order valence-corrected chi connectivity index (χ4v) is 3.90. The predicted octanol–water partition coefficient (Wildman–Crippen LogP) is 2.18. The lowest BCUT2D eigenvalue weighted by molar-refractivity contribution is 0.000275. The molecule has 0 aromatic carbocycles. The summed E-state index contributed by atoms with van der Waals surface area (Å²) in [5, 5.41) is 3.47. The molecule has 2 fully saturated rings. The molecule has 2 rings (SSSR count). The Morgan fingerprint density at radius 1 is 1.11 bits per heavy atom. The molecule has 0 spiro atoms. The maximum absolute atomic E-state index is 3.47. The molecular weight excluding hydrogens is 234 g/mol. The van der Waals surface area contributed by atoms with Gasteiger partial charge in [0.25, 0.3) is 0 Å². The van der Waals surface area contributed by atoms with Crippen LogP contribution < -0.4 is 5.32 Å². The third-order valence-corrected chi connectivity index (χ3v) is 4.92.